The molecule has 108 valence electrons. The Bertz CT molecular complexity index is 347. The zero-order valence-electron chi connectivity index (χ0n) is 11.8. The van der Waals surface area contributed by atoms with E-state index in [1.54, 1.807) is 23.9 Å². The highest BCUT2D eigenvalue weighted by Crippen LogP contribution is 2.33. The maximum absolute atomic E-state index is 12.1. The first-order chi connectivity index (χ1) is 8.99. The second-order valence-corrected chi connectivity index (χ2v) is 5.75. The Morgan fingerprint density at radius 3 is 2.16 bits per heavy atom. The van der Waals surface area contributed by atoms with Crippen molar-refractivity contribution in [3.05, 3.63) is 0 Å². The minimum absolute atomic E-state index is 0.0155. The molecule has 19 heavy (non-hydrogen) atoms. The first-order valence-corrected chi connectivity index (χ1v) is 6.98. The smallest absolute Gasteiger partial charge is 0.319 e. The molecule has 1 aliphatic heterocycles. The molecule has 0 aromatic carbocycles. The van der Waals surface area contributed by atoms with Crippen molar-refractivity contribution in [2.24, 2.45) is 11.7 Å². The van der Waals surface area contributed by atoms with Gasteiger partial charge >= 0.3 is 6.03 Å². The van der Waals surface area contributed by atoms with Crippen LogP contribution in [0.2, 0.25) is 0 Å². The summed E-state index contributed by atoms with van der Waals surface area (Å²) in [7, 11) is 3.49. The van der Waals surface area contributed by atoms with Gasteiger partial charge in [0.2, 0.25) is 5.91 Å². The average Bonchev–Trinajstić information content (AvgIpc) is 3.22. The molecule has 1 saturated carbocycles. The van der Waals surface area contributed by atoms with E-state index in [1.165, 1.54) is 12.8 Å². The van der Waals surface area contributed by atoms with Crippen LogP contribution in [0.1, 0.15) is 19.3 Å². The molecule has 2 rings (SSSR count). The number of hydrogen-bond donors (Lipinski definition) is 1. The number of carbonyl (C=O) groups excluding carboxylic acids is 2. The SMILES string of the molecule is CN(C)C(=O)N1CCN(C(=O)CC(N)C2CC2)CC1. The number of nitrogens with two attached hydrogens (primary N) is 1. The van der Waals surface area contributed by atoms with Crippen molar-refractivity contribution in [2.75, 3.05) is 40.3 Å². The third-order valence-corrected chi connectivity index (χ3v) is 3.92. The summed E-state index contributed by atoms with van der Waals surface area (Å²) < 4.78 is 0. The minimum atomic E-state index is 0.0155. The van der Waals surface area contributed by atoms with Gasteiger partial charge in [0, 0.05) is 52.7 Å². The zero-order valence-corrected chi connectivity index (χ0v) is 11.8. The maximum Gasteiger partial charge on any atom is 0.319 e. The molecular weight excluding hydrogens is 244 g/mol. The number of nitrogens with zero attached hydrogens (tertiary/aromatic N) is 3. The van der Waals surface area contributed by atoms with Crippen LogP contribution in [0.15, 0.2) is 0 Å². The summed E-state index contributed by atoms with van der Waals surface area (Å²) in [6.45, 7) is 2.47. The Kier molecular flexibility index (Phi) is 4.29. The van der Waals surface area contributed by atoms with Crippen LogP contribution < -0.4 is 5.73 Å². The van der Waals surface area contributed by atoms with Crippen LogP contribution in [0.5, 0.6) is 0 Å². The van der Waals surface area contributed by atoms with Gasteiger partial charge in [0.25, 0.3) is 0 Å². The maximum atomic E-state index is 12.1. The molecule has 1 aliphatic carbocycles. The Hall–Kier alpha value is -1.30. The van der Waals surface area contributed by atoms with Crippen molar-refractivity contribution >= 4 is 11.9 Å². The molecule has 3 amide bonds. The number of rotatable bonds is 3. The lowest BCUT2D eigenvalue weighted by molar-refractivity contribution is -0.133. The monoisotopic (exact) mass is 268 g/mol. The number of amides is 3. The van der Waals surface area contributed by atoms with Crippen LogP contribution in [0, 0.1) is 5.92 Å². The van der Waals surface area contributed by atoms with Crippen LogP contribution in [-0.4, -0.2) is 73.0 Å². The lowest BCUT2D eigenvalue weighted by Crippen LogP contribution is -2.53. The van der Waals surface area contributed by atoms with Crippen molar-refractivity contribution in [1.82, 2.24) is 14.7 Å². The Morgan fingerprint density at radius 2 is 1.68 bits per heavy atom. The van der Waals surface area contributed by atoms with Gasteiger partial charge in [-0.3, -0.25) is 4.79 Å². The van der Waals surface area contributed by atoms with E-state index >= 15 is 0 Å². The van der Waals surface area contributed by atoms with Gasteiger partial charge in [-0.05, 0) is 18.8 Å². The highest BCUT2D eigenvalue weighted by atomic mass is 16.2. The highest BCUT2D eigenvalue weighted by molar-refractivity contribution is 5.78. The fourth-order valence-corrected chi connectivity index (χ4v) is 2.45. The predicted octanol–water partition coefficient (Wildman–Crippen LogP) is -0.0604. The normalized spacial score (nSPS) is 21.2. The molecule has 1 atom stereocenters. The van der Waals surface area contributed by atoms with Gasteiger partial charge < -0.3 is 20.4 Å². The summed E-state index contributed by atoms with van der Waals surface area (Å²) in [6, 6.07) is 0.0377. The van der Waals surface area contributed by atoms with Crippen LogP contribution in [0.4, 0.5) is 4.79 Å². The van der Waals surface area contributed by atoms with Crippen molar-refractivity contribution in [3.8, 4) is 0 Å². The fourth-order valence-electron chi connectivity index (χ4n) is 2.45. The van der Waals surface area contributed by atoms with E-state index in [0.29, 0.717) is 38.5 Å². The average molecular weight is 268 g/mol. The molecule has 2 fully saturated rings. The lowest BCUT2D eigenvalue weighted by atomic mass is 10.1. The summed E-state index contributed by atoms with van der Waals surface area (Å²) in [5.74, 6) is 0.692. The van der Waals surface area contributed by atoms with Crippen molar-refractivity contribution in [2.45, 2.75) is 25.3 Å². The summed E-state index contributed by atoms with van der Waals surface area (Å²) >= 11 is 0. The van der Waals surface area contributed by atoms with E-state index in [-0.39, 0.29) is 18.0 Å². The molecule has 1 unspecified atom stereocenters. The summed E-state index contributed by atoms with van der Waals surface area (Å²) in [5.41, 5.74) is 5.98. The van der Waals surface area contributed by atoms with Crippen LogP contribution in [-0.2, 0) is 4.79 Å². The largest absolute Gasteiger partial charge is 0.339 e. The molecular formula is C13H24N4O2. The first kappa shape index (κ1) is 14.1. The van der Waals surface area contributed by atoms with Crippen LogP contribution in [0.3, 0.4) is 0 Å². The number of hydrogen-bond acceptors (Lipinski definition) is 3. The van der Waals surface area contributed by atoms with E-state index in [4.69, 9.17) is 5.73 Å². The Balaban J connectivity index is 1.75. The first-order valence-electron chi connectivity index (χ1n) is 6.98. The van der Waals surface area contributed by atoms with Gasteiger partial charge in [0.1, 0.15) is 0 Å². The molecule has 2 aliphatic rings. The predicted molar refractivity (Wildman–Crippen MR) is 72.6 cm³/mol. The topological polar surface area (TPSA) is 69.9 Å². The highest BCUT2D eigenvalue weighted by Gasteiger charge is 2.32. The zero-order chi connectivity index (χ0) is 14.0. The van der Waals surface area contributed by atoms with Gasteiger partial charge in [-0.25, -0.2) is 4.79 Å². The van der Waals surface area contributed by atoms with E-state index in [1.807, 2.05) is 4.90 Å². The van der Waals surface area contributed by atoms with E-state index in [2.05, 4.69) is 0 Å². The number of piperazine rings is 1. The van der Waals surface area contributed by atoms with Gasteiger partial charge in [-0.1, -0.05) is 0 Å². The van der Waals surface area contributed by atoms with Gasteiger partial charge in [0.15, 0.2) is 0 Å². The minimum Gasteiger partial charge on any atom is -0.339 e. The Labute approximate surface area is 114 Å². The number of carbonyl (C=O) groups is 2. The molecule has 1 heterocycles. The van der Waals surface area contributed by atoms with Crippen molar-refractivity contribution in [3.63, 3.8) is 0 Å². The summed E-state index contributed by atoms with van der Waals surface area (Å²) in [6.07, 6.45) is 2.78. The van der Waals surface area contributed by atoms with Gasteiger partial charge in [-0.15, -0.1) is 0 Å². The van der Waals surface area contributed by atoms with Gasteiger partial charge in [-0.2, -0.15) is 0 Å². The third kappa shape index (κ3) is 3.59. The molecule has 2 N–H and O–H groups in total. The van der Waals surface area contributed by atoms with Gasteiger partial charge in [0.05, 0.1) is 0 Å². The molecule has 0 aromatic heterocycles. The van der Waals surface area contributed by atoms with Crippen molar-refractivity contribution < 1.29 is 9.59 Å². The standard InChI is InChI=1S/C13H24N4O2/c1-15(2)13(19)17-7-5-16(6-8-17)12(18)9-11(14)10-3-4-10/h10-11H,3-9,14H2,1-2H3. The molecule has 6 heteroatoms. The molecule has 0 bridgehead atoms. The molecule has 0 spiro atoms. The quantitative estimate of drug-likeness (QED) is 0.779. The van der Waals surface area contributed by atoms with Crippen LogP contribution >= 0.6 is 0 Å². The lowest BCUT2D eigenvalue weighted by Gasteiger charge is -2.36. The molecule has 6 nitrogen and oxygen atoms in total. The summed E-state index contributed by atoms with van der Waals surface area (Å²) in [5, 5.41) is 0. The Morgan fingerprint density at radius 1 is 1.16 bits per heavy atom. The second kappa shape index (κ2) is 5.77. The molecule has 1 saturated heterocycles. The van der Waals surface area contributed by atoms with E-state index in [0.717, 1.165) is 0 Å². The van der Waals surface area contributed by atoms with E-state index in [9.17, 15) is 9.59 Å². The summed E-state index contributed by atoms with van der Waals surface area (Å²) in [4.78, 5) is 29.0. The molecule has 0 aromatic rings. The third-order valence-electron chi connectivity index (χ3n) is 3.92. The fraction of sp³-hybridized carbons (Fsp3) is 0.846. The molecule has 0 radical (unpaired) electrons. The second-order valence-electron chi connectivity index (χ2n) is 5.75. The number of urea groups is 1. The van der Waals surface area contributed by atoms with Crippen molar-refractivity contribution in [1.29, 1.82) is 0 Å². The van der Waals surface area contributed by atoms with E-state index < -0.39 is 0 Å². The van der Waals surface area contributed by atoms with Crippen LogP contribution in [0.25, 0.3) is 0 Å².